The first-order chi connectivity index (χ1) is 14.4. The molecule has 3 rings (SSSR count). The quantitative estimate of drug-likeness (QED) is 0.593. The van der Waals surface area contributed by atoms with Crippen molar-refractivity contribution in [3.8, 4) is 5.75 Å². The maximum atomic E-state index is 12.3. The lowest BCUT2D eigenvalue weighted by molar-refractivity contribution is -0.125. The lowest BCUT2D eigenvalue weighted by Gasteiger charge is -2.10. The maximum Gasteiger partial charge on any atom is 0.239 e. The molecule has 0 spiro atoms. The lowest BCUT2D eigenvalue weighted by atomic mass is 9.95. The Balaban J connectivity index is 1.52. The van der Waals surface area contributed by atoms with Gasteiger partial charge in [-0.1, -0.05) is 26.0 Å². The number of carbonyl (C=O) groups excluding carboxylic acids is 2. The van der Waals surface area contributed by atoms with Crippen molar-refractivity contribution in [2.24, 2.45) is 0 Å². The second-order valence-electron chi connectivity index (χ2n) is 7.70. The minimum absolute atomic E-state index is 0.0683. The van der Waals surface area contributed by atoms with Crippen LogP contribution in [0.3, 0.4) is 0 Å². The van der Waals surface area contributed by atoms with Crippen molar-refractivity contribution in [2.75, 3.05) is 13.7 Å². The first-order valence-corrected chi connectivity index (χ1v) is 10.0. The first kappa shape index (κ1) is 21.4. The molecule has 0 aliphatic rings. The summed E-state index contributed by atoms with van der Waals surface area (Å²) < 4.78 is 10.7. The number of hydrogen-bond donors (Lipinski definition) is 2. The Labute approximate surface area is 176 Å². The molecule has 0 aliphatic carbocycles. The van der Waals surface area contributed by atoms with E-state index in [2.05, 4.69) is 37.5 Å². The van der Waals surface area contributed by atoms with Crippen molar-refractivity contribution in [2.45, 2.75) is 39.7 Å². The number of amides is 2. The molecule has 30 heavy (non-hydrogen) atoms. The van der Waals surface area contributed by atoms with Crippen molar-refractivity contribution >= 4 is 22.8 Å². The maximum absolute atomic E-state index is 12.3. The Morgan fingerprint density at radius 3 is 2.47 bits per heavy atom. The van der Waals surface area contributed by atoms with E-state index in [4.69, 9.17) is 9.15 Å². The summed E-state index contributed by atoms with van der Waals surface area (Å²) in [5, 5.41) is 6.42. The average Bonchev–Trinajstić information content (AvgIpc) is 3.11. The van der Waals surface area contributed by atoms with Crippen LogP contribution < -0.4 is 15.4 Å². The molecule has 0 bridgehead atoms. The summed E-state index contributed by atoms with van der Waals surface area (Å²) in [5.74, 6) is 0.693. The van der Waals surface area contributed by atoms with Crippen LogP contribution in [-0.4, -0.2) is 25.5 Å². The van der Waals surface area contributed by atoms with Gasteiger partial charge in [-0.25, -0.2) is 0 Å². The summed E-state index contributed by atoms with van der Waals surface area (Å²) in [6.45, 7) is 6.67. The molecule has 0 saturated carbocycles. The van der Waals surface area contributed by atoms with E-state index in [0.717, 1.165) is 27.8 Å². The second kappa shape index (κ2) is 9.48. The Morgan fingerprint density at radius 1 is 1.07 bits per heavy atom. The highest BCUT2D eigenvalue weighted by molar-refractivity contribution is 5.90. The number of nitrogens with one attached hydrogen (secondary N) is 2. The van der Waals surface area contributed by atoms with E-state index in [1.807, 2.05) is 30.3 Å². The first-order valence-electron chi connectivity index (χ1n) is 10.0. The predicted molar refractivity (Wildman–Crippen MR) is 117 cm³/mol. The Kier molecular flexibility index (Phi) is 6.77. The summed E-state index contributed by atoms with van der Waals surface area (Å²) in [5.41, 5.74) is 4.97. The Bertz CT molecular complexity index is 1040. The predicted octanol–water partition coefficient (Wildman–Crippen LogP) is 3.85. The van der Waals surface area contributed by atoms with Crippen LogP contribution in [0.5, 0.6) is 5.75 Å². The summed E-state index contributed by atoms with van der Waals surface area (Å²) in [7, 11) is 1.61. The zero-order valence-corrected chi connectivity index (χ0v) is 17.9. The molecule has 0 radical (unpaired) electrons. The molecule has 0 atom stereocenters. The van der Waals surface area contributed by atoms with Gasteiger partial charge < -0.3 is 19.8 Å². The molecular weight excluding hydrogens is 380 g/mol. The van der Waals surface area contributed by atoms with Gasteiger partial charge in [0.2, 0.25) is 11.8 Å². The number of rotatable bonds is 8. The van der Waals surface area contributed by atoms with Crippen LogP contribution in [0, 0.1) is 6.92 Å². The summed E-state index contributed by atoms with van der Waals surface area (Å²) in [4.78, 5) is 24.4. The Morgan fingerprint density at radius 2 is 1.80 bits per heavy atom. The smallest absolute Gasteiger partial charge is 0.239 e. The van der Waals surface area contributed by atoms with Gasteiger partial charge in [0.25, 0.3) is 0 Å². The zero-order valence-electron chi connectivity index (χ0n) is 17.9. The van der Waals surface area contributed by atoms with E-state index in [9.17, 15) is 9.59 Å². The van der Waals surface area contributed by atoms with Gasteiger partial charge >= 0.3 is 0 Å². The number of ether oxygens (including phenoxy) is 1. The molecule has 158 valence electrons. The van der Waals surface area contributed by atoms with E-state index in [1.165, 1.54) is 11.1 Å². The molecule has 6 nitrogen and oxygen atoms in total. The third-order valence-corrected chi connectivity index (χ3v) is 5.11. The molecule has 1 heterocycles. The molecule has 0 unspecified atom stereocenters. The largest absolute Gasteiger partial charge is 0.497 e. The standard InChI is InChI=1S/C24H28N2O4/c1-15(2)20-11-21-18(14-30-22(21)9-16(20)3)10-23(27)26-13-24(28)25-12-17-5-7-19(29-4)8-6-17/h5-9,11,14-15H,10,12-13H2,1-4H3,(H,25,28)(H,26,27). The summed E-state index contributed by atoms with van der Waals surface area (Å²) >= 11 is 0. The summed E-state index contributed by atoms with van der Waals surface area (Å²) in [6.07, 6.45) is 1.79. The third kappa shape index (κ3) is 5.20. The SMILES string of the molecule is COc1ccc(CNC(=O)CNC(=O)Cc2coc3cc(C)c(C(C)C)cc23)cc1. The zero-order chi connectivity index (χ0) is 21.7. The number of methoxy groups -OCH3 is 1. The van der Waals surface area contributed by atoms with Crippen LogP contribution in [0.1, 0.15) is 42.0 Å². The molecule has 0 aliphatic heterocycles. The number of hydrogen-bond acceptors (Lipinski definition) is 4. The van der Waals surface area contributed by atoms with Crippen molar-refractivity contribution in [3.63, 3.8) is 0 Å². The number of furan rings is 1. The van der Waals surface area contributed by atoms with Crippen LogP contribution in [0.2, 0.25) is 0 Å². The van der Waals surface area contributed by atoms with E-state index in [-0.39, 0.29) is 24.8 Å². The van der Waals surface area contributed by atoms with Crippen LogP contribution in [0.4, 0.5) is 0 Å². The minimum Gasteiger partial charge on any atom is -0.497 e. The van der Waals surface area contributed by atoms with Gasteiger partial charge in [-0.15, -0.1) is 0 Å². The van der Waals surface area contributed by atoms with Gasteiger partial charge in [-0.05, 0) is 53.8 Å². The molecule has 0 fully saturated rings. The number of carbonyl (C=O) groups is 2. The van der Waals surface area contributed by atoms with Crippen molar-refractivity contribution < 1.29 is 18.7 Å². The van der Waals surface area contributed by atoms with Gasteiger partial charge in [0.15, 0.2) is 0 Å². The van der Waals surface area contributed by atoms with Gasteiger partial charge in [0.05, 0.1) is 26.3 Å². The minimum atomic E-state index is -0.242. The fourth-order valence-corrected chi connectivity index (χ4v) is 3.42. The van der Waals surface area contributed by atoms with Crippen LogP contribution in [0.15, 0.2) is 47.1 Å². The van der Waals surface area contributed by atoms with E-state index in [1.54, 1.807) is 13.4 Å². The van der Waals surface area contributed by atoms with Crippen LogP contribution in [-0.2, 0) is 22.6 Å². The van der Waals surface area contributed by atoms with Gasteiger partial charge in [-0.3, -0.25) is 9.59 Å². The van der Waals surface area contributed by atoms with Gasteiger partial charge in [-0.2, -0.15) is 0 Å². The van der Waals surface area contributed by atoms with E-state index < -0.39 is 0 Å². The average molecular weight is 408 g/mol. The van der Waals surface area contributed by atoms with Gasteiger partial charge in [0, 0.05) is 17.5 Å². The molecule has 0 saturated heterocycles. The fourth-order valence-electron chi connectivity index (χ4n) is 3.42. The normalized spacial score (nSPS) is 11.0. The molecule has 2 N–H and O–H groups in total. The second-order valence-corrected chi connectivity index (χ2v) is 7.70. The van der Waals surface area contributed by atoms with Gasteiger partial charge in [0.1, 0.15) is 11.3 Å². The van der Waals surface area contributed by atoms with Crippen molar-refractivity contribution in [1.82, 2.24) is 10.6 Å². The van der Waals surface area contributed by atoms with Crippen LogP contribution >= 0.6 is 0 Å². The lowest BCUT2D eigenvalue weighted by Crippen LogP contribution is -2.37. The van der Waals surface area contributed by atoms with Crippen LogP contribution in [0.25, 0.3) is 11.0 Å². The number of aryl methyl sites for hydroxylation is 1. The highest BCUT2D eigenvalue weighted by Crippen LogP contribution is 2.29. The monoisotopic (exact) mass is 408 g/mol. The fraction of sp³-hybridized carbons (Fsp3) is 0.333. The van der Waals surface area contributed by atoms with E-state index >= 15 is 0 Å². The highest BCUT2D eigenvalue weighted by Gasteiger charge is 2.14. The van der Waals surface area contributed by atoms with Crippen molar-refractivity contribution in [1.29, 1.82) is 0 Å². The Hall–Kier alpha value is -3.28. The number of fused-ring (bicyclic) bond motifs is 1. The number of benzene rings is 2. The van der Waals surface area contributed by atoms with E-state index in [0.29, 0.717) is 12.5 Å². The molecule has 1 aromatic heterocycles. The van der Waals surface area contributed by atoms with Crippen molar-refractivity contribution in [3.05, 3.63) is 64.9 Å². The molecule has 2 aromatic carbocycles. The highest BCUT2D eigenvalue weighted by atomic mass is 16.5. The molecule has 6 heteroatoms. The molecular formula is C24H28N2O4. The molecule has 2 amide bonds. The molecule has 3 aromatic rings. The summed E-state index contributed by atoms with van der Waals surface area (Å²) in [6, 6.07) is 11.6. The topological polar surface area (TPSA) is 80.6 Å². The third-order valence-electron chi connectivity index (χ3n) is 5.11.